The van der Waals surface area contributed by atoms with Gasteiger partial charge in [-0.3, -0.25) is 39.7 Å². The number of hydroxylamine groups is 4. The smallest absolute Gasteiger partial charge is 0.263 e. The van der Waals surface area contributed by atoms with Gasteiger partial charge in [-0.15, -0.1) is 0 Å². The Kier molecular flexibility index (Phi) is 12.1. The van der Waals surface area contributed by atoms with E-state index in [1.165, 1.54) is 5.06 Å². The van der Waals surface area contributed by atoms with Crippen molar-refractivity contribution < 1.29 is 28.9 Å². The molecule has 0 saturated heterocycles. The maximum absolute atomic E-state index is 13.1. The Hall–Kier alpha value is -3.76. The van der Waals surface area contributed by atoms with Crippen LogP contribution in [0.3, 0.4) is 0 Å². The Balaban J connectivity index is 1.51. The van der Waals surface area contributed by atoms with Crippen LogP contribution in [0.25, 0.3) is 11.1 Å². The molecule has 2 aromatic carbocycles. The SMILES string of the molecule is CC(C)C[C@@H](C(=O)NNC(=O)CCCCCN(C=O)OC(C)(C)C)N(C=O)OCC1c2ccccc2-c2ccccc21. The molecule has 10 heteroatoms. The van der Waals surface area contributed by atoms with E-state index in [9.17, 15) is 19.2 Å². The predicted molar refractivity (Wildman–Crippen MR) is 159 cm³/mol. The molecule has 0 radical (unpaired) electrons. The minimum absolute atomic E-state index is 0.0825. The highest BCUT2D eigenvalue weighted by Crippen LogP contribution is 2.44. The normalized spacial score (nSPS) is 13.2. The van der Waals surface area contributed by atoms with E-state index < -0.39 is 17.6 Å². The third-order valence-electron chi connectivity index (χ3n) is 6.88. The molecule has 0 spiro atoms. The standard InChI is InChI=1S/C32H44N4O6/c1-23(2)19-29(31(40)34-33-30(39)17-7-6-12-18-35(21-37)42-32(3,4)5)36(22-38)41-20-28-26-15-10-8-13-24(26)25-14-9-11-16-27(25)28/h8-11,13-16,21-23,28-29H,6-7,12,17-20H2,1-5H3,(H,33,39)(H,34,40)/t29-/m0/s1. The van der Waals surface area contributed by atoms with Gasteiger partial charge in [0.15, 0.2) is 0 Å². The van der Waals surface area contributed by atoms with E-state index in [4.69, 9.17) is 9.68 Å². The summed E-state index contributed by atoms with van der Waals surface area (Å²) < 4.78 is 0. The van der Waals surface area contributed by atoms with Crippen molar-refractivity contribution in [3.63, 3.8) is 0 Å². The molecule has 42 heavy (non-hydrogen) atoms. The molecule has 0 unspecified atom stereocenters. The summed E-state index contributed by atoms with van der Waals surface area (Å²) in [6.45, 7) is 10.1. The summed E-state index contributed by atoms with van der Waals surface area (Å²) in [5.41, 5.74) is 8.95. The van der Waals surface area contributed by atoms with Crippen LogP contribution in [0.1, 0.15) is 83.8 Å². The van der Waals surface area contributed by atoms with E-state index in [1.54, 1.807) is 0 Å². The van der Waals surface area contributed by atoms with Crippen molar-refractivity contribution in [3.8, 4) is 11.1 Å². The van der Waals surface area contributed by atoms with E-state index in [2.05, 4.69) is 35.1 Å². The summed E-state index contributed by atoms with van der Waals surface area (Å²) in [5, 5.41) is 2.32. The molecule has 2 N–H and O–H groups in total. The minimum atomic E-state index is -0.924. The molecule has 1 aliphatic carbocycles. The highest BCUT2D eigenvalue weighted by Gasteiger charge is 2.32. The fraction of sp³-hybridized carbons (Fsp3) is 0.500. The number of hydrogen-bond donors (Lipinski definition) is 2. The maximum atomic E-state index is 13.1. The van der Waals surface area contributed by atoms with Crippen LogP contribution < -0.4 is 10.9 Å². The third-order valence-corrected chi connectivity index (χ3v) is 6.88. The molecule has 1 aliphatic rings. The predicted octanol–water partition coefficient (Wildman–Crippen LogP) is 4.50. The fourth-order valence-corrected chi connectivity index (χ4v) is 5.05. The lowest BCUT2D eigenvalue weighted by atomic mass is 9.98. The number of benzene rings is 2. The van der Waals surface area contributed by atoms with Crippen LogP contribution in [-0.2, 0) is 28.9 Å². The van der Waals surface area contributed by atoms with Gasteiger partial charge in [0.05, 0.1) is 12.2 Å². The first-order valence-corrected chi connectivity index (χ1v) is 14.6. The average Bonchev–Trinajstić information content (AvgIpc) is 3.27. The van der Waals surface area contributed by atoms with Gasteiger partial charge in [-0.1, -0.05) is 68.8 Å². The zero-order valence-electron chi connectivity index (χ0n) is 25.3. The first kappa shape index (κ1) is 32.8. The van der Waals surface area contributed by atoms with Gasteiger partial charge in [0, 0.05) is 18.9 Å². The molecule has 0 heterocycles. The zero-order valence-corrected chi connectivity index (χ0v) is 25.3. The Morgan fingerprint density at radius 3 is 2.07 bits per heavy atom. The summed E-state index contributed by atoms with van der Waals surface area (Å²) in [4.78, 5) is 60.3. The summed E-state index contributed by atoms with van der Waals surface area (Å²) in [7, 11) is 0. The van der Waals surface area contributed by atoms with Gasteiger partial charge in [0.25, 0.3) is 5.91 Å². The number of nitrogens with one attached hydrogen (secondary N) is 2. The van der Waals surface area contributed by atoms with Gasteiger partial charge in [-0.05, 0) is 68.2 Å². The molecule has 0 fully saturated rings. The molecule has 2 aromatic rings. The van der Waals surface area contributed by atoms with Crippen molar-refractivity contribution in [2.45, 2.75) is 84.3 Å². The van der Waals surface area contributed by atoms with Crippen LogP contribution in [-0.4, -0.2) is 59.6 Å². The average molecular weight is 581 g/mol. The number of unbranched alkanes of at least 4 members (excludes halogenated alkanes) is 2. The van der Waals surface area contributed by atoms with E-state index in [1.807, 2.05) is 58.9 Å². The summed E-state index contributed by atoms with van der Waals surface area (Å²) in [5.74, 6) is -0.871. The molecular formula is C32H44N4O6. The Bertz CT molecular complexity index is 1170. The van der Waals surface area contributed by atoms with Crippen LogP contribution in [0.4, 0.5) is 0 Å². The number of carbonyl (C=O) groups excluding carboxylic acids is 4. The van der Waals surface area contributed by atoms with Crippen molar-refractivity contribution in [2.24, 2.45) is 5.92 Å². The lowest BCUT2D eigenvalue weighted by Crippen LogP contribution is -2.52. The van der Waals surface area contributed by atoms with Gasteiger partial charge >= 0.3 is 0 Å². The molecular weight excluding hydrogens is 536 g/mol. The van der Waals surface area contributed by atoms with Crippen LogP contribution >= 0.6 is 0 Å². The van der Waals surface area contributed by atoms with Crippen LogP contribution in [0.15, 0.2) is 48.5 Å². The van der Waals surface area contributed by atoms with Crippen molar-refractivity contribution in [3.05, 3.63) is 59.7 Å². The van der Waals surface area contributed by atoms with Crippen LogP contribution in [0.5, 0.6) is 0 Å². The molecule has 4 amide bonds. The number of hydrazine groups is 1. The van der Waals surface area contributed by atoms with Crippen LogP contribution in [0.2, 0.25) is 0 Å². The van der Waals surface area contributed by atoms with Crippen molar-refractivity contribution >= 4 is 24.6 Å². The largest absolute Gasteiger partial charge is 0.276 e. The van der Waals surface area contributed by atoms with Crippen molar-refractivity contribution in [1.82, 2.24) is 21.0 Å². The second-order valence-electron chi connectivity index (χ2n) is 11.9. The molecule has 3 rings (SSSR count). The summed E-state index contributed by atoms with van der Waals surface area (Å²) in [6, 6.07) is 15.3. The number of amides is 4. The number of rotatable bonds is 16. The summed E-state index contributed by atoms with van der Waals surface area (Å²) >= 11 is 0. The lowest BCUT2D eigenvalue weighted by molar-refractivity contribution is -0.216. The van der Waals surface area contributed by atoms with Gasteiger partial charge in [0.2, 0.25) is 18.7 Å². The second kappa shape index (κ2) is 15.5. The number of nitrogens with zero attached hydrogens (tertiary/aromatic N) is 2. The lowest BCUT2D eigenvalue weighted by Gasteiger charge is -2.29. The highest BCUT2D eigenvalue weighted by molar-refractivity contribution is 5.86. The minimum Gasteiger partial charge on any atom is -0.276 e. The zero-order chi connectivity index (χ0) is 30.7. The van der Waals surface area contributed by atoms with Gasteiger partial charge < -0.3 is 0 Å². The number of hydrogen-bond acceptors (Lipinski definition) is 6. The van der Waals surface area contributed by atoms with Gasteiger partial charge in [-0.2, -0.15) is 0 Å². The first-order chi connectivity index (χ1) is 20.0. The molecule has 0 aromatic heterocycles. The third kappa shape index (κ3) is 9.39. The number of carbonyl (C=O) groups is 4. The van der Waals surface area contributed by atoms with Crippen molar-refractivity contribution in [2.75, 3.05) is 13.2 Å². The monoisotopic (exact) mass is 580 g/mol. The van der Waals surface area contributed by atoms with E-state index >= 15 is 0 Å². The fourth-order valence-electron chi connectivity index (χ4n) is 5.05. The van der Waals surface area contributed by atoms with Gasteiger partial charge in [0.1, 0.15) is 6.04 Å². The van der Waals surface area contributed by atoms with Crippen LogP contribution in [0, 0.1) is 5.92 Å². The summed E-state index contributed by atoms with van der Waals surface area (Å²) in [6.07, 6.45) is 3.67. The van der Waals surface area contributed by atoms with E-state index in [-0.39, 0.29) is 30.8 Å². The van der Waals surface area contributed by atoms with Crippen molar-refractivity contribution in [1.29, 1.82) is 0 Å². The quantitative estimate of drug-likeness (QED) is 0.172. The maximum Gasteiger partial charge on any atom is 0.263 e. The topological polar surface area (TPSA) is 117 Å². The molecule has 10 nitrogen and oxygen atoms in total. The Morgan fingerprint density at radius 2 is 1.52 bits per heavy atom. The van der Waals surface area contributed by atoms with Gasteiger partial charge in [-0.25, -0.2) is 10.1 Å². The van der Waals surface area contributed by atoms with E-state index in [0.717, 1.165) is 27.3 Å². The molecule has 228 valence electrons. The first-order valence-electron chi connectivity index (χ1n) is 14.6. The van der Waals surface area contributed by atoms with E-state index in [0.29, 0.717) is 45.0 Å². The molecule has 0 bridgehead atoms. The Morgan fingerprint density at radius 1 is 0.905 bits per heavy atom. The Labute approximate surface area is 248 Å². The molecule has 0 saturated carbocycles. The molecule has 0 aliphatic heterocycles. The molecule has 1 atom stereocenters. The number of fused-ring (bicyclic) bond motifs is 3. The second-order valence-corrected chi connectivity index (χ2v) is 11.9. The highest BCUT2D eigenvalue weighted by atomic mass is 16.7.